The van der Waals surface area contributed by atoms with Gasteiger partial charge in [-0.05, 0) is 22.8 Å². The zero-order valence-electron chi connectivity index (χ0n) is 14.7. The minimum Gasteiger partial charge on any atom is -0.481 e. The van der Waals surface area contributed by atoms with Crippen LogP contribution in [0.25, 0.3) is 11.1 Å². The zero-order valence-corrected chi connectivity index (χ0v) is 14.7. The Balaban J connectivity index is 0.000000447. The number of aliphatic carboxylic acids is 1. The molecular weight excluding hydrogens is 412 g/mol. The number of nitrogens with zero attached hydrogens (tertiary/aromatic N) is 3. The van der Waals surface area contributed by atoms with Crippen molar-refractivity contribution in [3.05, 3.63) is 42.5 Å². The number of pyridine rings is 1. The van der Waals surface area contributed by atoms with E-state index in [1.807, 2.05) is 0 Å². The second-order valence-corrected chi connectivity index (χ2v) is 5.24. The summed E-state index contributed by atoms with van der Waals surface area (Å²) in [7, 11) is 0.676. The maximum atomic E-state index is 12.6. The number of carboxylic acid groups (broad SMARTS) is 1. The van der Waals surface area contributed by atoms with Crippen LogP contribution in [0, 0.1) is 0 Å². The fourth-order valence-corrected chi connectivity index (χ4v) is 1.78. The van der Waals surface area contributed by atoms with Crippen LogP contribution in [0.5, 0.6) is 0 Å². The molecular formula is C16H14F6N3O4+. The summed E-state index contributed by atoms with van der Waals surface area (Å²) in [5.41, 5.74) is -0.132. The number of methoxy groups -OCH3 is 1. The first-order valence-electron chi connectivity index (χ1n) is 7.61. The Kier molecular flexibility index (Phi) is 8.04. The normalized spacial score (nSPS) is 11.3. The van der Waals surface area contributed by atoms with Crippen LogP contribution in [0.1, 0.15) is 12.1 Å². The van der Waals surface area contributed by atoms with E-state index in [4.69, 9.17) is 5.11 Å². The molecule has 0 aliphatic rings. The molecule has 0 aliphatic carbocycles. The Morgan fingerprint density at radius 3 is 2.21 bits per heavy atom. The second kappa shape index (κ2) is 9.80. The fraction of sp³-hybridized carbons (Fsp3) is 0.312. The summed E-state index contributed by atoms with van der Waals surface area (Å²) in [6, 6.07) is 3.97. The first-order valence-corrected chi connectivity index (χ1v) is 7.61. The summed E-state index contributed by atoms with van der Waals surface area (Å²) in [5, 5.41) is 12.5. The van der Waals surface area contributed by atoms with E-state index < -0.39 is 30.0 Å². The SMILES string of the molecule is COC(=O)C(F)(F)F.O=C(O)CC[n+]1ccc(-c2ccnc(C(F)(F)F)c2)cn1. The highest BCUT2D eigenvalue weighted by Crippen LogP contribution is 2.30. The van der Waals surface area contributed by atoms with Gasteiger partial charge < -0.3 is 9.84 Å². The van der Waals surface area contributed by atoms with Crippen molar-refractivity contribution in [1.29, 1.82) is 0 Å². The van der Waals surface area contributed by atoms with Gasteiger partial charge in [-0.3, -0.25) is 9.78 Å². The lowest BCUT2D eigenvalue weighted by Gasteiger charge is -2.07. The van der Waals surface area contributed by atoms with Gasteiger partial charge in [-0.15, -0.1) is 0 Å². The zero-order chi connectivity index (χ0) is 22.2. The summed E-state index contributed by atoms with van der Waals surface area (Å²) in [4.78, 5) is 23.2. The standard InChI is InChI=1S/C13H10F3N3O2.C3H3F3O2/c14-13(15,16)11-7-9(1-4-17-11)10-2-5-19(18-8-10)6-3-12(20)21;1-8-2(7)3(4,5)6/h1-2,4-5,7-8H,3,6H2;1H3/p+1. The number of halogens is 6. The molecule has 0 spiro atoms. The molecule has 0 saturated carbocycles. The van der Waals surface area contributed by atoms with Crippen LogP contribution in [0.15, 0.2) is 36.8 Å². The minimum absolute atomic E-state index is 0.0789. The lowest BCUT2D eigenvalue weighted by molar-refractivity contribution is -0.752. The van der Waals surface area contributed by atoms with Crippen molar-refractivity contribution in [2.24, 2.45) is 0 Å². The molecule has 0 atom stereocenters. The fourth-order valence-electron chi connectivity index (χ4n) is 1.78. The smallest absolute Gasteiger partial charge is 0.481 e. The van der Waals surface area contributed by atoms with Crippen molar-refractivity contribution in [3.63, 3.8) is 0 Å². The molecule has 158 valence electrons. The van der Waals surface area contributed by atoms with Gasteiger partial charge in [-0.1, -0.05) is 4.68 Å². The molecule has 2 aromatic rings. The van der Waals surface area contributed by atoms with Gasteiger partial charge in [0.15, 0.2) is 12.7 Å². The molecule has 2 heterocycles. The number of aromatic nitrogens is 3. The van der Waals surface area contributed by atoms with Crippen LogP contribution < -0.4 is 4.68 Å². The summed E-state index contributed by atoms with van der Waals surface area (Å²) >= 11 is 0. The van der Waals surface area contributed by atoms with Crippen molar-refractivity contribution < 1.29 is 50.5 Å². The maximum Gasteiger partial charge on any atom is 0.490 e. The molecule has 2 rings (SSSR count). The molecule has 0 radical (unpaired) electrons. The molecule has 13 heteroatoms. The molecule has 0 saturated heterocycles. The number of esters is 1. The third-order valence-electron chi connectivity index (χ3n) is 3.13. The van der Waals surface area contributed by atoms with Crippen LogP contribution in [0.4, 0.5) is 26.3 Å². The van der Waals surface area contributed by atoms with E-state index in [9.17, 15) is 35.9 Å². The van der Waals surface area contributed by atoms with E-state index in [0.717, 1.165) is 12.3 Å². The van der Waals surface area contributed by atoms with Gasteiger partial charge in [0.25, 0.3) is 0 Å². The average Bonchev–Trinajstić information content (AvgIpc) is 2.65. The summed E-state index contributed by atoms with van der Waals surface area (Å²) in [6.45, 7) is 0.194. The molecule has 1 N–H and O–H groups in total. The molecule has 0 amide bonds. The van der Waals surface area contributed by atoms with Crippen LogP contribution in [0.3, 0.4) is 0 Å². The van der Waals surface area contributed by atoms with Crippen molar-refractivity contribution in [3.8, 4) is 11.1 Å². The van der Waals surface area contributed by atoms with Gasteiger partial charge in [0.2, 0.25) is 0 Å². The quantitative estimate of drug-likeness (QED) is 0.459. The highest BCUT2D eigenvalue weighted by atomic mass is 19.4. The summed E-state index contributed by atoms with van der Waals surface area (Å²) < 4.78 is 75.4. The van der Waals surface area contributed by atoms with Crippen LogP contribution in [0.2, 0.25) is 0 Å². The van der Waals surface area contributed by atoms with Gasteiger partial charge in [-0.25, -0.2) is 4.79 Å². The molecule has 2 aromatic heterocycles. The largest absolute Gasteiger partial charge is 0.490 e. The Hall–Kier alpha value is -3.25. The molecule has 0 aliphatic heterocycles. The van der Waals surface area contributed by atoms with Gasteiger partial charge in [0.05, 0.1) is 7.11 Å². The molecule has 0 aromatic carbocycles. The van der Waals surface area contributed by atoms with Gasteiger partial charge in [0.1, 0.15) is 18.3 Å². The minimum atomic E-state index is -4.85. The van der Waals surface area contributed by atoms with E-state index in [1.165, 1.54) is 23.1 Å². The molecule has 29 heavy (non-hydrogen) atoms. The lowest BCUT2D eigenvalue weighted by atomic mass is 10.1. The van der Waals surface area contributed by atoms with Crippen LogP contribution in [-0.2, 0) is 27.0 Å². The molecule has 0 fully saturated rings. The number of rotatable bonds is 4. The van der Waals surface area contributed by atoms with Gasteiger partial charge in [-0.2, -0.15) is 26.3 Å². The Morgan fingerprint density at radius 2 is 1.79 bits per heavy atom. The lowest BCUT2D eigenvalue weighted by Crippen LogP contribution is -2.38. The van der Waals surface area contributed by atoms with Crippen molar-refractivity contribution in [2.75, 3.05) is 7.11 Å². The monoisotopic (exact) mass is 426 g/mol. The molecule has 7 nitrogen and oxygen atoms in total. The summed E-state index contributed by atoms with van der Waals surface area (Å²) in [6.07, 6.45) is -5.44. The highest BCUT2D eigenvalue weighted by molar-refractivity contribution is 5.75. The number of carboxylic acids is 1. The topological polar surface area (TPSA) is 93.3 Å². The number of carbonyl (C=O) groups excluding carboxylic acids is 1. The van der Waals surface area contributed by atoms with Gasteiger partial charge >= 0.3 is 24.3 Å². The number of alkyl halides is 6. The molecule has 0 unspecified atom stereocenters. The van der Waals surface area contributed by atoms with Crippen molar-refractivity contribution in [2.45, 2.75) is 25.3 Å². The van der Waals surface area contributed by atoms with E-state index in [1.54, 1.807) is 6.07 Å². The number of ether oxygens (including phenoxy) is 1. The van der Waals surface area contributed by atoms with E-state index in [-0.39, 0.29) is 13.0 Å². The maximum absolute atomic E-state index is 12.6. The van der Waals surface area contributed by atoms with Crippen LogP contribution in [-0.4, -0.2) is 40.4 Å². The first kappa shape index (κ1) is 23.8. The second-order valence-electron chi connectivity index (χ2n) is 5.24. The van der Waals surface area contributed by atoms with Crippen LogP contribution >= 0.6 is 0 Å². The Labute approximate surface area is 159 Å². The number of hydrogen-bond acceptors (Lipinski definition) is 5. The van der Waals surface area contributed by atoms with E-state index >= 15 is 0 Å². The van der Waals surface area contributed by atoms with Crippen molar-refractivity contribution >= 4 is 11.9 Å². The third kappa shape index (κ3) is 8.11. The number of hydrogen-bond donors (Lipinski definition) is 1. The number of aryl methyl sites for hydroxylation is 1. The average molecular weight is 426 g/mol. The summed E-state index contributed by atoms with van der Waals surface area (Å²) in [5.74, 6) is -3.12. The van der Waals surface area contributed by atoms with E-state index in [2.05, 4.69) is 14.8 Å². The molecule has 0 bridgehead atoms. The number of carbonyl (C=O) groups is 2. The van der Waals surface area contributed by atoms with E-state index in [0.29, 0.717) is 18.2 Å². The van der Waals surface area contributed by atoms with Gasteiger partial charge in [0, 0.05) is 17.8 Å². The van der Waals surface area contributed by atoms with Crippen molar-refractivity contribution in [1.82, 2.24) is 10.1 Å². The Morgan fingerprint density at radius 1 is 1.14 bits per heavy atom. The third-order valence-corrected chi connectivity index (χ3v) is 3.13. The predicted molar refractivity (Wildman–Crippen MR) is 83.0 cm³/mol. The first-order chi connectivity index (χ1) is 13.3. The predicted octanol–water partition coefficient (Wildman–Crippen LogP) is 2.65. The Bertz CT molecular complexity index is 838. The highest BCUT2D eigenvalue weighted by Gasteiger charge is 2.40.